The second-order valence-electron chi connectivity index (χ2n) is 6.39. The maximum atomic E-state index is 12.7. The Kier molecular flexibility index (Phi) is 4.85. The Hall–Kier alpha value is -2.67. The normalized spacial score (nSPS) is 18.4. The molecule has 0 radical (unpaired) electrons. The number of amides is 2. The quantitative estimate of drug-likeness (QED) is 0.885. The maximum Gasteiger partial charge on any atom is 0.272 e. The summed E-state index contributed by atoms with van der Waals surface area (Å²) in [7, 11) is 1.69. The van der Waals surface area contributed by atoms with Gasteiger partial charge >= 0.3 is 0 Å². The van der Waals surface area contributed by atoms with Crippen molar-refractivity contribution in [2.75, 3.05) is 19.6 Å². The molecule has 1 aromatic heterocycles. The third-order valence-electron chi connectivity index (χ3n) is 4.27. The molecule has 0 bridgehead atoms. The van der Waals surface area contributed by atoms with Crippen LogP contribution < -0.4 is 0 Å². The smallest absolute Gasteiger partial charge is 0.272 e. The van der Waals surface area contributed by atoms with Gasteiger partial charge in [-0.2, -0.15) is 5.10 Å². The van der Waals surface area contributed by atoms with Crippen molar-refractivity contribution in [3.63, 3.8) is 0 Å². The Morgan fingerprint density at radius 2 is 2.00 bits per heavy atom. The van der Waals surface area contributed by atoms with Crippen molar-refractivity contribution in [1.29, 1.82) is 0 Å². The third kappa shape index (κ3) is 3.88. The van der Waals surface area contributed by atoms with Crippen molar-refractivity contribution in [2.24, 2.45) is 7.05 Å². The number of aryl methyl sites for hydroxylation is 2. The minimum absolute atomic E-state index is 0.0487. The molecule has 1 aliphatic heterocycles. The van der Waals surface area contributed by atoms with E-state index in [1.54, 1.807) is 24.9 Å². The third-order valence-corrected chi connectivity index (χ3v) is 4.27. The van der Waals surface area contributed by atoms with E-state index in [-0.39, 0.29) is 31.4 Å². The summed E-state index contributed by atoms with van der Waals surface area (Å²) < 4.78 is 1.50. The van der Waals surface area contributed by atoms with Crippen LogP contribution in [0.15, 0.2) is 36.4 Å². The molecule has 2 aromatic rings. The fourth-order valence-electron chi connectivity index (χ4n) is 3.08. The van der Waals surface area contributed by atoms with Gasteiger partial charge in [-0.05, 0) is 18.6 Å². The summed E-state index contributed by atoms with van der Waals surface area (Å²) in [6.45, 7) is 2.51. The van der Waals surface area contributed by atoms with E-state index in [2.05, 4.69) is 5.10 Å². The molecule has 3 rings (SSSR count). The van der Waals surface area contributed by atoms with Crippen molar-refractivity contribution >= 4 is 11.8 Å². The average molecular weight is 342 g/mol. The molecule has 2 amide bonds. The van der Waals surface area contributed by atoms with Crippen LogP contribution >= 0.6 is 0 Å². The molecule has 0 aliphatic carbocycles. The van der Waals surface area contributed by atoms with Gasteiger partial charge in [0.15, 0.2) is 0 Å². The summed E-state index contributed by atoms with van der Waals surface area (Å²) in [5.41, 5.74) is 2.14. The first-order chi connectivity index (χ1) is 11.9. The van der Waals surface area contributed by atoms with E-state index in [9.17, 15) is 14.7 Å². The molecule has 7 nitrogen and oxygen atoms in total. The van der Waals surface area contributed by atoms with E-state index in [1.165, 1.54) is 9.58 Å². The van der Waals surface area contributed by atoms with E-state index in [0.29, 0.717) is 12.2 Å². The van der Waals surface area contributed by atoms with Crippen LogP contribution in [0.4, 0.5) is 0 Å². The molecule has 2 heterocycles. The van der Waals surface area contributed by atoms with Crippen molar-refractivity contribution in [2.45, 2.75) is 19.6 Å². The van der Waals surface area contributed by atoms with Crippen LogP contribution in [-0.4, -0.2) is 62.2 Å². The average Bonchev–Trinajstić information content (AvgIpc) is 2.84. The highest BCUT2D eigenvalue weighted by Gasteiger charge is 2.31. The molecule has 1 fully saturated rings. The minimum Gasteiger partial charge on any atom is -0.389 e. The van der Waals surface area contributed by atoms with Gasteiger partial charge in [0, 0.05) is 26.7 Å². The molecule has 0 saturated carbocycles. The first-order valence-corrected chi connectivity index (χ1v) is 8.23. The molecule has 1 atom stereocenters. The van der Waals surface area contributed by atoms with Gasteiger partial charge in [-0.25, -0.2) is 0 Å². The van der Waals surface area contributed by atoms with E-state index >= 15 is 0 Å². The molecule has 1 aliphatic rings. The molecule has 0 unspecified atom stereocenters. The number of aromatic nitrogens is 2. The Morgan fingerprint density at radius 1 is 1.28 bits per heavy atom. The molecule has 0 spiro atoms. The number of aliphatic hydroxyl groups excluding tert-OH is 1. The Labute approximate surface area is 146 Å². The second-order valence-corrected chi connectivity index (χ2v) is 6.39. The molecule has 1 saturated heterocycles. The number of nitrogens with zero attached hydrogens (tertiary/aromatic N) is 4. The lowest BCUT2D eigenvalue weighted by Crippen LogP contribution is -2.40. The largest absolute Gasteiger partial charge is 0.389 e. The predicted octanol–water partition coefficient (Wildman–Crippen LogP) is 0.574. The van der Waals surface area contributed by atoms with Gasteiger partial charge in [-0.1, -0.05) is 30.3 Å². The van der Waals surface area contributed by atoms with E-state index in [4.69, 9.17) is 0 Å². The summed E-state index contributed by atoms with van der Waals surface area (Å²) in [4.78, 5) is 28.3. The summed E-state index contributed by atoms with van der Waals surface area (Å²) in [6, 6.07) is 11.3. The van der Waals surface area contributed by atoms with Crippen LogP contribution in [0, 0.1) is 6.92 Å². The molecule has 1 aromatic carbocycles. The molecule has 132 valence electrons. The molecular weight excluding hydrogens is 320 g/mol. The van der Waals surface area contributed by atoms with Gasteiger partial charge in [0.05, 0.1) is 11.8 Å². The van der Waals surface area contributed by atoms with Gasteiger partial charge in [0.25, 0.3) is 5.91 Å². The monoisotopic (exact) mass is 342 g/mol. The Morgan fingerprint density at radius 3 is 2.64 bits per heavy atom. The maximum absolute atomic E-state index is 12.7. The standard InChI is InChI=1S/C18H22N4O3/c1-13-8-16(20(2)19-13)18(25)22-11-15(23)10-21(17(24)12-22)9-14-6-4-3-5-7-14/h3-8,15,23H,9-12H2,1-2H3/t15-/m1/s1. The number of rotatable bonds is 3. The zero-order valence-corrected chi connectivity index (χ0v) is 14.4. The number of carbonyl (C=O) groups is 2. The highest BCUT2D eigenvalue weighted by Crippen LogP contribution is 2.14. The summed E-state index contributed by atoms with van der Waals surface area (Å²) in [5.74, 6) is -0.468. The number of carbonyl (C=O) groups excluding carboxylic acids is 2. The van der Waals surface area contributed by atoms with E-state index in [1.807, 2.05) is 30.3 Å². The molecule has 7 heteroatoms. The lowest BCUT2D eigenvalue weighted by atomic mass is 10.2. The fraction of sp³-hybridized carbons (Fsp3) is 0.389. The summed E-state index contributed by atoms with van der Waals surface area (Å²) in [6.07, 6.45) is -0.784. The molecular formula is C18H22N4O3. The minimum atomic E-state index is -0.784. The number of hydrogen-bond acceptors (Lipinski definition) is 4. The van der Waals surface area contributed by atoms with Crippen molar-refractivity contribution in [3.05, 3.63) is 53.3 Å². The lowest BCUT2D eigenvalue weighted by molar-refractivity contribution is -0.131. The highest BCUT2D eigenvalue weighted by atomic mass is 16.3. The SMILES string of the molecule is Cc1cc(C(=O)N2CC(=O)N(Cc3ccccc3)C[C@@H](O)C2)n(C)n1. The van der Waals surface area contributed by atoms with Crippen LogP contribution in [0.5, 0.6) is 0 Å². The van der Waals surface area contributed by atoms with Gasteiger partial charge in [-0.3, -0.25) is 14.3 Å². The number of aliphatic hydroxyl groups is 1. The van der Waals surface area contributed by atoms with Gasteiger partial charge in [0.1, 0.15) is 12.2 Å². The highest BCUT2D eigenvalue weighted by molar-refractivity contribution is 5.95. The van der Waals surface area contributed by atoms with Crippen molar-refractivity contribution < 1.29 is 14.7 Å². The number of hydrogen-bond donors (Lipinski definition) is 1. The topological polar surface area (TPSA) is 78.7 Å². The van der Waals surface area contributed by atoms with Crippen LogP contribution in [0.1, 0.15) is 21.7 Å². The van der Waals surface area contributed by atoms with Gasteiger partial charge in [-0.15, -0.1) is 0 Å². The first-order valence-electron chi connectivity index (χ1n) is 8.23. The predicted molar refractivity (Wildman–Crippen MR) is 91.7 cm³/mol. The van der Waals surface area contributed by atoms with Crippen LogP contribution in [0.25, 0.3) is 0 Å². The fourth-order valence-corrected chi connectivity index (χ4v) is 3.08. The van der Waals surface area contributed by atoms with Crippen molar-refractivity contribution in [3.8, 4) is 0 Å². The second kappa shape index (κ2) is 7.06. The number of β-amino-alcohol motifs (C(OH)–C–C–N with tert-alkyl or cyclic N) is 1. The van der Waals surface area contributed by atoms with Crippen LogP contribution in [-0.2, 0) is 18.4 Å². The Bertz CT molecular complexity index is 772. The van der Waals surface area contributed by atoms with Gasteiger partial charge in [0.2, 0.25) is 5.91 Å². The van der Waals surface area contributed by atoms with Crippen LogP contribution in [0.3, 0.4) is 0 Å². The Balaban J connectivity index is 1.76. The zero-order valence-electron chi connectivity index (χ0n) is 14.4. The zero-order chi connectivity index (χ0) is 18.0. The lowest BCUT2D eigenvalue weighted by Gasteiger charge is -2.22. The van der Waals surface area contributed by atoms with E-state index in [0.717, 1.165) is 11.3 Å². The number of benzene rings is 1. The molecule has 25 heavy (non-hydrogen) atoms. The first kappa shape index (κ1) is 17.2. The van der Waals surface area contributed by atoms with Crippen molar-refractivity contribution in [1.82, 2.24) is 19.6 Å². The summed E-state index contributed by atoms with van der Waals surface area (Å²) in [5, 5.41) is 14.5. The van der Waals surface area contributed by atoms with Crippen LogP contribution in [0.2, 0.25) is 0 Å². The summed E-state index contributed by atoms with van der Waals surface area (Å²) >= 11 is 0. The van der Waals surface area contributed by atoms with Gasteiger partial charge < -0.3 is 14.9 Å². The molecule has 1 N–H and O–H groups in total. The van der Waals surface area contributed by atoms with E-state index < -0.39 is 6.10 Å².